The monoisotopic (exact) mass is 516 g/mol. The minimum atomic E-state index is -0.00442. The van der Waals surface area contributed by atoms with Crippen molar-refractivity contribution in [3.8, 4) is 11.8 Å². The summed E-state index contributed by atoms with van der Waals surface area (Å²) in [5.41, 5.74) is 4.13. The standard InChI is InChI=1S/C30H32N4O2.ClH/c1-35-26(22-36-29-14-8-13-28-27(29)19-25(20-31)32-28)21-33-15-17-34(18-16-33)30(23-9-4-2-5-10-23)24-11-6-3-7-12-24;/h2-14,19,26,30,32H,15-18,21-22H2,1H3;1H. The van der Waals surface area contributed by atoms with E-state index in [1.54, 1.807) is 7.11 Å². The molecule has 192 valence electrons. The number of nitrogens with zero attached hydrogens (tertiary/aromatic N) is 2. The number of rotatable bonds is 9. The zero-order valence-electron chi connectivity index (χ0n) is 21.1. The molecule has 0 spiro atoms. The van der Waals surface area contributed by atoms with E-state index >= 15 is 0 Å². The molecular weight excluding hydrogens is 484 g/mol. The highest BCUT2D eigenvalue weighted by Gasteiger charge is 2.29. The normalized spacial score (nSPS) is 15.3. The van der Waals surface area contributed by atoms with Crippen LogP contribution in [0.3, 0.4) is 0 Å². The molecule has 0 aliphatic carbocycles. The third-order valence-electron chi connectivity index (χ3n) is 7.12. The number of hydrogen-bond acceptors (Lipinski definition) is 4. The van der Waals surface area contributed by atoms with Gasteiger partial charge in [0.25, 0.3) is 0 Å². The molecule has 3 aromatic carbocycles. The third kappa shape index (κ3) is 6.33. The number of nitriles is 1. The number of quaternary nitrogens is 1. The number of ether oxygens (including phenoxy) is 2. The number of benzene rings is 3. The van der Waals surface area contributed by atoms with Gasteiger partial charge in [-0.3, -0.25) is 4.90 Å². The Morgan fingerprint density at radius 1 is 0.946 bits per heavy atom. The summed E-state index contributed by atoms with van der Waals surface area (Å²) in [5, 5.41) is 10.1. The molecule has 0 bridgehead atoms. The van der Waals surface area contributed by atoms with Gasteiger partial charge >= 0.3 is 0 Å². The van der Waals surface area contributed by atoms with Gasteiger partial charge in [0.2, 0.25) is 0 Å². The van der Waals surface area contributed by atoms with Crippen LogP contribution in [-0.2, 0) is 4.74 Å². The van der Waals surface area contributed by atoms with E-state index in [-0.39, 0.29) is 24.6 Å². The smallest absolute Gasteiger partial charge is 0.140 e. The molecule has 0 saturated carbocycles. The van der Waals surface area contributed by atoms with Gasteiger partial charge in [-0.25, -0.2) is 0 Å². The lowest BCUT2D eigenvalue weighted by Gasteiger charge is -2.38. The van der Waals surface area contributed by atoms with E-state index in [4.69, 9.17) is 9.47 Å². The Bertz CT molecular complexity index is 1260. The Morgan fingerprint density at radius 3 is 2.19 bits per heavy atom. The molecule has 1 aromatic heterocycles. The van der Waals surface area contributed by atoms with Crippen LogP contribution >= 0.6 is 0 Å². The molecule has 1 aliphatic rings. The van der Waals surface area contributed by atoms with E-state index in [1.807, 2.05) is 24.3 Å². The minimum absolute atomic E-state index is 0. The summed E-state index contributed by atoms with van der Waals surface area (Å²) in [5.74, 6) is 0.778. The molecule has 1 aliphatic heterocycles. The number of methoxy groups -OCH3 is 1. The van der Waals surface area contributed by atoms with Crippen LogP contribution in [0.15, 0.2) is 84.9 Å². The van der Waals surface area contributed by atoms with Crippen LogP contribution in [0, 0.1) is 11.3 Å². The summed E-state index contributed by atoms with van der Waals surface area (Å²) in [6, 6.07) is 31.8. The van der Waals surface area contributed by atoms with E-state index in [2.05, 4.69) is 76.6 Å². The average Bonchev–Trinajstić information content (AvgIpc) is 3.37. The van der Waals surface area contributed by atoms with Crippen molar-refractivity contribution in [2.75, 3.05) is 46.4 Å². The summed E-state index contributed by atoms with van der Waals surface area (Å²) in [6.45, 7) is 5.57. The zero-order valence-corrected chi connectivity index (χ0v) is 21.8. The molecule has 1 saturated heterocycles. The second-order valence-corrected chi connectivity index (χ2v) is 9.39. The summed E-state index contributed by atoms with van der Waals surface area (Å²) < 4.78 is 12.0. The molecule has 2 N–H and O–H groups in total. The first kappa shape index (κ1) is 26.7. The van der Waals surface area contributed by atoms with Crippen molar-refractivity contribution < 1.29 is 26.8 Å². The Hall–Kier alpha value is -3.34. The van der Waals surface area contributed by atoms with E-state index in [9.17, 15) is 5.26 Å². The first-order valence-electron chi connectivity index (χ1n) is 12.6. The largest absolute Gasteiger partial charge is 1.00 e. The van der Waals surface area contributed by atoms with Gasteiger partial charge < -0.3 is 31.8 Å². The van der Waals surface area contributed by atoms with Crippen LogP contribution in [0.25, 0.3) is 10.9 Å². The number of hydrogen-bond donors (Lipinski definition) is 2. The summed E-state index contributed by atoms with van der Waals surface area (Å²) >= 11 is 0. The molecule has 1 atom stereocenters. The summed E-state index contributed by atoms with van der Waals surface area (Å²) in [4.78, 5) is 7.25. The Balaban J connectivity index is 0.00000320. The molecule has 0 amide bonds. The number of H-pyrrole nitrogens is 1. The molecule has 0 radical (unpaired) electrons. The minimum Gasteiger partial charge on any atom is -1.00 e. The highest BCUT2D eigenvalue weighted by molar-refractivity contribution is 5.87. The van der Waals surface area contributed by atoms with Gasteiger partial charge in [-0.2, -0.15) is 5.26 Å². The van der Waals surface area contributed by atoms with Gasteiger partial charge in [0.15, 0.2) is 0 Å². The van der Waals surface area contributed by atoms with Gasteiger partial charge in [0.05, 0.1) is 24.6 Å². The number of piperazine rings is 1. The molecule has 6 nitrogen and oxygen atoms in total. The van der Waals surface area contributed by atoms with Gasteiger partial charge in [-0.15, -0.1) is 0 Å². The number of fused-ring (bicyclic) bond motifs is 1. The second kappa shape index (κ2) is 12.8. The first-order chi connectivity index (χ1) is 17.7. The fourth-order valence-electron chi connectivity index (χ4n) is 5.22. The van der Waals surface area contributed by atoms with Crippen LogP contribution in [-0.4, -0.2) is 62.4 Å². The number of nitrogens with one attached hydrogen (secondary N) is 2. The zero-order chi connectivity index (χ0) is 24.7. The number of halogens is 1. The quantitative estimate of drug-likeness (QED) is 0.339. The molecule has 7 heteroatoms. The highest BCUT2D eigenvalue weighted by Crippen LogP contribution is 2.29. The van der Waals surface area contributed by atoms with Gasteiger partial charge in [0.1, 0.15) is 36.8 Å². The van der Waals surface area contributed by atoms with Crippen molar-refractivity contribution in [3.63, 3.8) is 0 Å². The lowest BCUT2D eigenvalue weighted by molar-refractivity contribution is -0.907. The lowest BCUT2D eigenvalue weighted by atomic mass is 9.96. The van der Waals surface area contributed by atoms with E-state index in [0.29, 0.717) is 12.3 Å². The molecule has 2 heterocycles. The van der Waals surface area contributed by atoms with E-state index in [1.165, 1.54) is 16.0 Å². The molecule has 37 heavy (non-hydrogen) atoms. The third-order valence-corrected chi connectivity index (χ3v) is 7.12. The number of aromatic amines is 1. The maximum Gasteiger partial charge on any atom is 0.140 e. The molecule has 1 fully saturated rings. The van der Waals surface area contributed by atoms with Crippen molar-refractivity contribution >= 4 is 10.9 Å². The summed E-state index contributed by atoms with van der Waals surface area (Å²) in [7, 11) is 1.76. The Kier molecular flexibility index (Phi) is 9.21. The Morgan fingerprint density at radius 2 is 1.59 bits per heavy atom. The summed E-state index contributed by atoms with van der Waals surface area (Å²) in [6.07, 6.45) is -0.00442. The van der Waals surface area contributed by atoms with Crippen LogP contribution < -0.4 is 22.0 Å². The lowest BCUT2D eigenvalue weighted by Crippen LogP contribution is -3.15. The molecule has 5 rings (SSSR count). The SMILES string of the molecule is COC(COc1cccc2[nH]c(C#N)cc12)C[NH+]1CCN(C(c2ccccc2)c2ccccc2)CC1.[Cl-]. The second-order valence-electron chi connectivity index (χ2n) is 9.39. The topological polar surface area (TPSA) is 65.7 Å². The van der Waals surface area contributed by atoms with Crippen LogP contribution in [0.4, 0.5) is 0 Å². The van der Waals surface area contributed by atoms with Crippen LogP contribution in [0.5, 0.6) is 5.75 Å². The van der Waals surface area contributed by atoms with Crippen molar-refractivity contribution in [1.82, 2.24) is 9.88 Å². The molecular formula is C30H33ClN4O2. The predicted octanol–water partition coefficient (Wildman–Crippen LogP) is 0.427. The van der Waals surface area contributed by atoms with Crippen molar-refractivity contribution in [2.24, 2.45) is 0 Å². The average molecular weight is 517 g/mol. The Labute approximate surface area is 224 Å². The van der Waals surface area contributed by atoms with Gasteiger partial charge in [-0.05, 0) is 29.3 Å². The van der Waals surface area contributed by atoms with Crippen molar-refractivity contribution in [1.29, 1.82) is 5.26 Å². The maximum absolute atomic E-state index is 9.20. The van der Waals surface area contributed by atoms with Crippen LogP contribution in [0.2, 0.25) is 0 Å². The highest BCUT2D eigenvalue weighted by atomic mass is 35.5. The van der Waals surface area contributed by atoms with Crippen molar-refractivity contribution in [2.45, 2.75) is 12.1 Å². The van der Waals surface area contributed by atoms with Crippen molar-refractivity contribution in [3.05, 3.63) is 102 Å². The van der Waals surface area contributed by atoms with Gasteiger partial charge in [-0.1, -0.05) is 66.7 Å². The molecule has 4 aromatic rings. The van der Waals surface area contributed by atoms with E-state index < -0.39 is 0 Å². The van der Waals surface area contributed by atoms with Crippen LogP contribution in [0.1, 0.15) is 22.9 Å². The predicted molar refractivity (Wildman–Crippen MR) is 141 cm³/mol. The fourth-order valence-corrected chi connectivity index (χ4v) is 5.22. The first-order valence-corrected chi connectivity index (χ1v) is 12.6. The number of aromatic nitrogens is 1. The van der Waals surface area contributed by atoms with E-state index in [0.717, 1.165) is 49.4 Å². The molecule has 1 unspecified atom stereocenters. The van der Waals surface area contributed by atoms with Gasteiger partial charge in [0, 0.05) is 25.6 Å². The maximum atomic E-state index is 9.20. The fraction of sp³-hybridized carbons (Fsp3) is 0.300.